The van der Waals surface area contributed by atoms with Gasteiger partial charge in [-0.25, -0.2) is 0 Å². The van der Waals surface area contributed by atoms with Gasteiger partial charge in [-0.3, -0.25) is 0 Å². The zero-order chi connectivity index (χ0) is 45.9. The Balaban J connectivity index is 0.938. The van der Waals surface area contributed by atoms with Crippen LogP contribution in [-0.4, -0.2) is 8.75 Å². The molecule has 0 fully saturated rings. The molecule has 0 N–H and O–H groups in total. The molecule has 0 saturated heterocycles. The van der Waals surface area contributed by atoms with E-state index in [1.54, 1.807) is 0 Å². The molecular weight excluding hydrogens is 861 g/mol. The predicted molar refractivity (Wildman–Crippen MR) is 291 cm³/mol. The summed E-state index contributed by atoms with van der Waals surface area (Å²) in [5, 5.41) is 4.82. The van der Waals surface area contributed by atoms with Gasteiger partial charge in [-0.1, -0.05) is 133 Å². The molecule has 0 atom stereocenters. The molecule has 6 nitrogen and oxygen atoms in total. The lowest BCUT2D eigenvalue weighted by Crippen LogP contribution is -2.14. The van der Waals surface area contributed by atoms with Gasteiger partial charge in [0, 0.05) is 56.9 Å². The lowest BCUT2D eigenvalue weighted by Gasteiger charge is -2.30. The Morgan fingerprint density at radius 1 is 0.217 bits per heavy atom. The molecule has 0 saturated carbocycles. The Morgan fingerprint density at radius 3 is 0.826 bits per heavy atom. The number of fused-ring (bicyclic) bond motifs is 3. The highest BCUT2D eigenvalue weighted by Gasteiger charge is 2.24. The lowest BCUT2D eigenvalue weighted by molar-refractivity contribution is 1.25. The number of rotatable bonds is 12. The van der Waals surface area contributed by atoms with Gasteiger partial charge in [-0.2, -0.15) is 8.75 Å². The van der Waals surface area contributed by atoms with E-state index in [0.29, 0.717) is 0 Å². The molecule has 0 spiro atoms. The molecular formula is C62H44N6S. The maximum absolute atomic E-state index is 5.04. The summed E-state index contributed by atoms with van der Waals surface area (Å²) < 4.78 is 10.1. The van der Waals surface area contributed by atoms with Crippen molar-refractivity contribution in [1.82, 2.24) is 8.75 Å². The minimum absolute atomic E-state index is 0.816. The molecule has 0 unspecified atom stereocenters. The van der Waals surface area contributed by atoms with Crippen molar-refractivity contribution in [3.63, 3.8) is 0 Å². The second-order valence-corrected chi connectivity index (χ2v) is 17.4. The van der Waals surface area contributed by atoms with E-state index in [0.717, 1.165) is 79.3 Å². The lowest BCUT2D eigenvalue weighted by atomic mass is 10.1. The monoisotopic (exact) mass is 904 g/mol. The highest BCUT2D eigenvalue weighted by Crippen LogP contribution is 2.46. The fourth-order valence-electron chi connectivity index (χ4n) is 9.39. The normalized spacial score (nSPS) is 11.2. The number of hydrogen-bond acceptors (Lipinski definition) is 7. The Hall–Kier alpha value is -9.04. The number of nitrogens with zero attached hydrogens (tertiary/aromatic N) is 6. The zero-order valence-electron chi connectivity index (χ0n) is 37.5. The van der Waals surface area contributed by atoms with E-state index < -0.39 is 0 Å². The van der Waals surface area contributed by atoms with Crippen LogP contribution in [0, 0.1) is 0 Å². The fourth-order valence-corrected chi connectivity index (χ4v) is 9.96. The first-order valence-electron chi connectivity index (χ1n) is 23.1. The van der Waals surface area contributed by atoms with Gasteiger partial charge in [0.15, 0.2) is 0 Å². The van der Waals surface area contributed by atoms with Crippen molar-refractivity contribution in [3.8, 4) is 0 Å². The Morgan fingerprint density at radius 2 is 0.478 bits per heavy atom. The average molecular weight is 905 g/mol. The molecule has 11 aromatic carbocycles. The molecule has 328 valence electrons. The summed E-state index contributed by atoms with van der Waals surface area (Å²) in [5.74, 6) is 0. The largest absolute Gasteiger partial charge is 0.310 e. The van der Waals surface area contributed by atoms with Crippen molar-refractivity contribution in [2.45, 2.75) is 0 Å². The first-order chi connectivity index (χ1) is 34.2. The summed E-state index contributed by atoms with van der Waals surface area (Å²) in [4.78, 5) is 9.20. The first-order valence-corrected chi connectivity index (χ1v) is 23.8. The maximum atomic E-state index is 5.04. The Kier molecular flexibility index (Phi) is 11.0. The van der Waals surface area contributed by atoms with E-state index in [1.165, 1.54) is 33.3 Å². The van der Waals surface area contributed by atoms with Crippen LogP contribution in [0.4, 0.5) is 68.2 Å². The van der Waals surface area contributed by atoms with Gasteiger partial charge in [-0.05, 0) is 155 Å². The molecule has 1 aromatic heterocycles. The number of benzene rings is 11. The van der Waals surface area contributed by atoms with E-state index in [2.05, 4.69) is 287 Å². The second-order valence-electron chi connectivity index (χ2n) is 16.8. The summed E-state index contributed by atoms with van der Waals surface area (Å²) in [6.45, 7) is 0. The smallest absolute Gasteiger partial charge is 0.130 e. The SMILES string of the molecule is c1ccc(N(c2ccc(N(c3ccccc3)c3ccc(N(c4ccccc4)c4ccc(N(c5ccccc5)c5ccc6ccccc6c5)cc4)c4nsnc34)cc2)c2ccc3ccccc3c2)cc1. The molecule has 0 aliphatic carbocycles. The van der Waals surface area contributed by atoms with Crippen molar-refractivity contribution in [2.75, 3.05) is 19.6 Å². The summed E-state index contributed by atoms with van der Waals surface area (Å²) in [6.07, 6.45) is 0. The molecule has 0 bridgehead atoms. The van der Waals surface area contributed by atoms with E-state index in [4.69, 9.17) is 8.75 Å². The predicted octanol–water partition coefficient (Wildman–Crippen LogP) is 17.9. The fraction of sp³-hybridized carbons (Fsp3) is 0. The minimum atomic E-state index is 0.816. The van der Waals surface area contributed by atoms with Crippen LogP contribution < -0.4 is 19.6 Å². The number of para-hydroxylation sites is 4. The number of aromatic nitrogens is 2. The summed E-state index contributed by atoms with van der Waals surface area (Å²) in [5.41, 5.74) is 14.0. The van der Waals surface area contributed by atoms with Gasteiger partial charge in [0.2, 0.25) is 0 Å². The maximum Gasteiger partial charge on any atom is 0.130 e. The first kappa shape index (κ1) is 41.4. The van der Waals surface area contributed by atoms with Crippen LogP contribution in [0.3, 0.4) is 0 Å². The van der Waals surface area contributed by atoms with Crippen molar-refractivity contribution in [3.05, 3.63) is 267 Å². The van der Waals surface area contributed by atoms with Gasteiger partial charge in [-0.15, -0.1) is 0 Å². The highest BCUT2D eigenvalue weighted by molar-refractivity contribution is 7.00. The van der Waals surface area contributed by atoms with Crippen LogP contribution >= 0.6 is 11.7 Å². The van der Waals surface area contributed by atoms with Gasteiger partial charge < -0.3 is 19.6 Å². The Labute approximate surface area is 405 Å². The third-order valence-electron chi connectivity index (χ3n) is 12.6. The topological polar surface area (TPSA) is 38.7 Å². The zero-order valence-corrected chi connectivity index (χ0v) is 38.3. The van der Waals surface area contributed by atoms with Crippen molar-refractivity contribution < 1.29 is 0 Å². The van der Waals surface area contributed by atoms with Gasteiger partial charge in [0.05, 0.1) is 23.1 Å². The molecule has 7 heteroatoms. The summed E-state index contributed by atoms with van der Waals surface area (Å²) in [7, 11) is 0. The van der Waals surface area contributed by atoms with E-state index in [-0.39, 0.29) is 0 Å². The van der Waals surface area contributed by atoms with Gasteiger partial charge in [0.25, 0.3) is 0 Å². The van der Waals surface area contributed by atoms with Gasteiger partial charge >= 0.3 is 0 Å². The third kappa shape index (κ3) is 8.07. The highest BCUT2D eigenvalue weighted by atomic mass is 32.1. The van der Waals surface area contributed by atoms with E-state index >= 15 is 0 Å². The molecule has 1 heterocycles. The average Bonchev–Trinajstić information content (AvgIpc) is 3.93. The summed E-state index contributed by atoms with van der Waals surface area (Å²) in [6, 6.07) is 94.5. The minimum Gasteiger partial charge on any atom is -0.310 e. The summed E-state index contributed by atoms with van der Waals surface area (Å²) >= 11 is 1.23. The molecule has 0 amide bonds. The van der Waals surface area contributed by atoms with Crippen LogP contribution in [0.1, 0.15) is 0 Å². The quantitative estimate of drug-likeness (QED) is 0.122. The number of hydrogen-bond donors (Lipinski definition) is 0. The Bertz CT molecular complexity index is 3440. The third-order valence-corrected chi connectivity index (χ3v) is 13.2. The molecule has 0 radical (unpaired) electrons. The van der Waals surface area contributed by atoms with Crippen LogP contribution in [0.15, 0.2) is 267 Å². The standard InChI is InChI=1S/C62H44N6S/c1-5-21-49(22-6-1)65(57-31-29-45-17-13-15-19-47(45)43-57)53-33-37-55(38-34-53)67(51-25-9-3-10-26-51)59-41-42-60(62-61(59)63-69-64-62)68(52-27-11-4-12-28-52)56-39-35-54(36-40-56)66(50-23-7-2-8-24-50)58-32-30-46-18-14-16-20-48(46)44-58/h1-44H. The van der Waals surface area contributed by atoms with Gasteiger partial charge in [0.1, 0.15) is 11.0 Å². The second kappa shape index (κ2) is 18.3. The van der Waals surface area contributed by atoms with Crippen LogP contribution in [-0.2, 0) is 0 Å². The molecule has 0 aliphatic rings. The molecule has 0 aliphatic heterocycles. The van der Waals surface area contributed by atoms with Crippen molar-refractivity contribution >= 4 is 113 Å². The van der Waals surface area contributed by atoms with Crippen LogP contribution in [0.2, 0.25) is 0 Å². The van der Waals surface area contributed by atoms with E-state index in [1.807, 2.05) is 0 Å². The van der Waals surface area contributed by atoms with Crippen molar-refractivity contribution in [2.24, 2.45) is 0 Å². The number of anilines is 12. The van der Waals surface area contributed by atoms with Crippen LogP contribution in [0.5, 0.6) is 0 Å². The molecule has 12 rings (SSSR count). The van der Waals surface area contributed by atoms with E-state index in [9.17, 15) is 0 Å². The van der Waals surface area contributed by atoms with Crippen LogP contribution in [0.25, 0.3) is 32.6 Å². The van der Waals surface area contributed by atoms with Crippen molar-refractivity contribution in [1.29, 1.82) is 0 Å². The molecule has 12 aromatic rings. The molecule has 69 heavy (non-hydrogen) atoms.